The van der Waals surface area contributed by atoms with Crippen molar-refractivity contribution in [3.05, 3.63) is 35.9 Å². The molecule has 0 aliphatic heterocycles. The zero-order valence-corrected chi connectivity index (χ0v) is 15.8. The zero-order chi connectivity index (χ0) is 22.1. The monoisotopic (exact) mass is 452 g/mol. The second-order valence-corrected chi connectivity index (χ2v) is 7.38. The summed E-state index contributed by atoms with van der Waals surface area (Å²) in [7, 11) is -3.28. The Morgan fingerprint density at radius 2 is 1.90 bits per heavy atom. The van der Waals surface area contributed by atoms with Crippen LogP contribution in [-0.2, 0) is 10.0 Å². The lowest BCUT2D eigenvalue weighted by atomic mass is 10.3. The number of anilines is 1. The van der Waals surface area contributed by atoms with Gasteiger partial charge in [0.25, 0.3) is 28.8 Å². The second-order valence-electron chi connectivity index (χ2n) is 5.73. The second kappa shape index (κ2) is 8.30. The minimum absolute atomic E-state index is 0.0104. The first kappa shape index (κ1) is 21.5. The minimum Gasteiger partial charge on any atom is -0.479 e. The van der Waals surface area contributed by atoms with Crippen LogP contribution in [0.25, 0.3) is 11.0 Å². The summed E-state index contributed by atoms with van der Waals surface area (Å²) in [6, 6.07) is 2.76. The lowest BCUT2D eigenvalue weighted by Gasteiger charge is -2.13. The molecule has 3 aromatic heterocycles. The number of halogens is 5. The number of alkyl halides is 4. The Morgan fingerprint density at radius 3 is 2.53 bits per heavy atom. The van der Waals surface area contributed by atoms with Gasteiger partial charge in [-0.2, -0.15) is 4.98 Å². The first-order chi connectivity index (χ1) is 14.1. The fourth-order valence-electron chi connectivity index (χ4n) is 2.47. The molecule has 0 fully saturated rings. The van der Waals surface area contributed by atoms with Crippen LogP contribution in [0.15, 0.2) is 29.3 Å². The molecule has 0 aliphatic rings. The summed E-state index contributed by atoms with van der Waals surface area (Å²) in [5.41, 5.74) is -1.08. The number of rotatable bonds is 8. The van der Waals surface area contributed by atoms with Crippen LogP contribution in [0.3, 0.4) is 0 Å². The number of hydrogen-bond donors (Lipinski definition) is 2. The molecular weight excluding hydrogens is 439 g/mol. The third kappa shape index (κ3) is 4.37. The summed E-state index contributed by atoms with van der Waals surface area (Å²) in [5.74, 6) is -2.45. The summed E-state index contributed by atoms with van der Waals surface area (Å²) < 4.78 is 101. The number of methoxy groups -OCH3 is 1. The third-order valence-corrected chi connectivity index (χ3v) is 5.13. The van der Waals surface area contributed by atoms with Gasteiger partial charge in [-0.1, -0.05) is 0 Å². The molecule has 162 valence electrons. The van der Waals surface area contributed by atoms with E-state index in [4.69, 9.17) is 4.74 Å². The van der Waals surface area contributed by atoms with Gasteiger partial charge >= 0.3 is 0 Å². The molecule has 0 saturated carbocycles. The van der Waals surface area contributed by atoms with Crippen LogP contribution in [0.1, 0.15) is 12.1 Å². The smallest absolute Gasteiger partial charge is 0.280 e. The Balaban J connectivity index is 1.95. The molecule has 0 saturated heterocycles. The molecule has 8 nitrogen and oxygen atoms in total. The largest absolute Gasteiger partial charge is 0.479 e. The van der Waals surface area contributed by atoms with Gasteiger partial charge in [-0.25, -0.2) is 35.4 Å². The predicted octanol–water partition coefficient (Wildman–Crippen LogP) is 3.49. The molecule has 30 heavy (non-hydrogen) atoms. The molecule has 14 heteroatoms. The van der Waals surface area contributed by atoms with E-state index in [0.29, 0.717) is 6.07 Å². The summed E-state index contributed by atoms with van der Waals surface area (Å²) in [6.45, 7) is -1.12. The fraction of sp³-hybridized carbons (Fsp3) is 0.250. The average Bonchev–Trinajstić information content (AvgIpc) is 3.11. The Kier molecular flexibility index (Phi) is 5.96. The lowest BCUT2D eigenvalue weighted by molar-refractivity contribution is 0.0770. The van der Waals surface area contributed by atoms with Crippen LogP contribution in [0.5, 0.6) is 11.8 Å². The molecule has 0 bridgehead atoms. The summed E-state index contributed by atoms with van der Waals surface area (Å²) in [4.78, 5) is 9.30. The number of pyridine rings is 2. The molecule has 3 heterocycles. The van der Waals surface area contributed by atoms with E-state index in [1.54, 1.807) is 0 Å². The average molecular weight is 452 g/mol. The van der Waals surface area contributed by atoms with Gasteiger partial charge in [0.15, 0.2) is 12.4 Å². The number of nitrogens with one attached hydrogen (secondary N) is 2. The van der Waals surface area contributed by atoms with Crippen molar-refractivity contribution in [1.82, 2.24) is 15.0 Å². The van der Waals surface area contributed by atoms with E-state index in [9.17, 15) is 30.4 Å². The van der Waals surface area contributed by atoms with Crippen molar-refractivity contribution in [3.63, 3.8) is 0 Å². The number of H-pyrrole nitrogens is 1. The van der Waals surface area contributed by atoms with Crippen molar-refractivity contribution in [3.8, 4) is 11.8 Å². The van der Waals surface area contributed by atoms with Crippen molar-refractivity contribution < 1.29 is 39.8 Å². The number of aromatic amines is 1. The normalized spacial score (nSPS) is 12.0. The summed E-state index contributed by atoms with van der Waals surface area (Å²) in [5, 5.41) is 0.0104. The molecule has 0 aliphatic carbocycles. The van der Waals surface area contributed by atoms with E-state index in [2.05, 4.69) is 19.7 Å². The van der Waals surface area contributed by atoms with E-state index in [-0.39, 0.29) is 15.9 Å². The summed E-state index contributed by atoms with van der Waals surface area (Å²) >= 11 is 0. The van der Waals surface area contributed by atoms with Crippen LogP contribution in [-0.4, -0.2) is 43.5 Å². The Hall–Kier alpha value is -3.16. The van der Waals surface area contributed by atoms with E-state index in [0.717, 1.165) is 25.4 Å². The highest BCUT2D eigenvalue weighted by atomic mass is 32.2. The number of sulfonamides is 1. The van der Waals surface area contributed by atoms with Gasteiger partial charge in [-0.3, -0.25) is 4.72 Å². The molecule has 3 rings (SSSR count). The number of fused-ring (bicyclic) bond motifs is 1. The number of nitrogens with zero attached hydrogens (tertiary/aromatic N) is 2. The highest BCUT2D eigenvalue weighted by Gasteiger charge is 2.24. The topological polar surface area (TPSA) is 106 Å². The van der Waals surface area contributed by atoms with Gasteiger partial charge in [-0.05, 0) is 12.1 Å². The molecule has 2 N–H and O–H groups in total. The predicted molar refractivity (Wildman–Crippen MR) is 94.1 cm³/mol. The SMILES string of the molecule is COc1nc(OCC(F)F)c(F)cc1NS(=O)(=O)c1c[nH]c2nc(C(F)F)ccc12. The van der Waals surface area contributed by atoms with Crippen molar-refractivity contribution in [1.29, 1.82) is 0 Å². The molecule has 0 spiro atoms. The van der Waals surface area contributed by atoms with Crippen LogP contribution in [0.2, 0.25) is 0 Å². The summed E-state index contributed by atoms with van der Waals surface area (Å²) in [6.07, 6.45) is -4.71. The lowest BCUT2D eigenvalue weighted by Crippen LogP contribution is -2.15. The number of aromatic nitrogens is 3. The van der Waals surface area contributed by atoms with E-state index in [1.807, 2.05) is 4.72 Å². The maximum Gasteiger partial charge on any atom is 0.280 e. The van der Waals surface area contributed by atoms with Gasteiger partial charge in [0.2, 0.25) is 5.88 Å². The molecule has 0 radical (unpaired) electrons. The highest BCUT2D eigenvalue weighted by Crippen LogP contribution is 2.32. The van der Waals surface area contributed by atoms with Crippen molar-refractivity contribution >= 4 is 26.7 Å². The highest BCUT2D eigenvalue weighted by molar-refractivity contribution is 7.93. The van der Waals surface area contributed by atoms with Crippen LogP contribution in [0.4, 0.5) is 27.6 Å². The first-order valence-corrected chi connectivity index (χ1v) is 9.55. The van der Waals surface area contributed by atoms with Crippen molar-refractivity contribution in [2.24, 2.45) is 0 Å². The van der Waals surface area contributed by atoms with E-state index in [1.165, 1.54) is 0 Å². The van der Waals surface area contributed by atoms with E-state index < -0.39 is 58.4 Å². The molecule has 0 aromatic carbocycles. The van der Waals surface area contributed by atoms with Crippen LogP contribution < -0.4 is 14.2 Å². The Labute approximate surface area is 166 Å². The van der Waals surface area contributed by atoms with Crippen LogP contribution in [0, 0.1) is 5.82 Å². The van der Waals surface area contributed by atoms with Crippen molar-refractivity contribution in [2.75, 3.05) is 18.4 Å². The van der Waals surface area contributed by atoms with Gasteiger partial charge < -0.3 is 14.5 Å². The maximum absolute atomic E-state index is 14.1. The molecule has 0 atom stereocenters. The van der Waals surface area contributed by atoms with Gasteiger partial charge in [0.05, 0.1) is 7.11 Å². The quantitative estimate of drug-likeness (QED) is 0.507. The first-order valence-electron chi connectivity index (χ1n) is 8.07. The van der Waals surface area contributed by atoms with E-state index >= 15 is 0 Å². The fourth-order valence-corrected chi connectivity index (χ4v) is 3.68. The minimum atomic E-state index is -4.37. The molecule has 0 amide bonds. The third-order valence-electron chi connectivity index (χ3n) is 3.73. The molecule has 0 unspecified atom stereocenters. The van der Waals surface area contributed by atoms with Crippen molar-refractivity contribution in [2.45, 2.75) is 17.7 Å². The Bertz CT molecular complexity index is 1170. The maximum atomic E-state index is 14.1. The van der Waals surface area contributed by atoms with Crippen LogP contribution >= 0.6 is 0 Å². The van der Waals surface area contributed by atoms with Gasteiger partial charge in [0.1, 0.15) is 21.9 Å². The molecule has 3 aromatic rings. The number of hydrogen-bond acceptors (Lipinski definition) is 6. The molecular formula is C16H13F5N4O4S. The van der Waals surface area contributed by atoms with Gasteiger partial charge in [0, 0.05) is 17.6 Å². The van der Waals surface area contributed by atoms with Gasteiger partial charge in [-0.15, -0.1) is 0 Å². The Morgan fingerprint density at radius 1 is 1.17 bits per heavy atom. The zero-order valence-electron chi connectivity index (χ0n) is 15.0. The number of ether oxygens (including phenoxy) is 2. The standard InChI is InChI=1S/C16H13F5N4O4S/c1-28-16-10(4-8(17)15(24-16)29-6-12(18)19)25-30(26,27)11-5-22-14-7(11)2-3-9(23-14)13(20)21/h2-5,12-13,25H,6H2,1H3,(H,22,23).